The average molecular weight is 417 g/mol. The Morgan fingerprint density at radius 2 is 1.93 bits per heavy atom. The number of rotatable bonds is 7. The van der Waals surface area contributed by atoms with Gasteiger partial charge in [0.2, 0.25) is 0 Å². The number of thiophene rings is 1. The van der Waals surface area contributed by atoms with Crippen LogP contribution in [-0.4, -0.2) is 43.2 Å². The number of methoxy groups -OCH3 is 3. The molecule has 3 rings (SSSR count). The summed E-state index contributed by atoms with van der Waals surface area (Å²) in [6.07, 6.45) is -0.232. The summed E-state index contributed by atoms with van der Waals surface area (Å²) < 4.78 is 14.7. The summed E-state index contributed by atoms with van der Waals surface area (Å²) in [6, 6.07) is 7.34. The number of aromatic nitrogens is 2. The standard InChI is InChI=1S/C19H19N3O6S/c1-26-12-7-5-4-6-11(12)20-9-13-21-17(24)15-10(8-14(23)27-2)16(19(25)28-3)29-18(15)22-13/h4-7,20H,8-9H2,1-3H3,(H,21,22,24). The quantitative estimate of drug-likeness (QED) is 0.561. The molecule has 10 heteroatoms. The van der Waals surface area contributed by atoms with Crippen LogP contribution in [0.25, 0.3) is 10.2 Å². The summed E-state index contributed by atoms with van der Waals surface area (Å²) in [6.45, 7) is 0.226. The molecule has 0 bridgehead atoms. The Labute approximate surface area is 169 Å². The zero-order valence-electron chi connectivity index (χ0n) is 16.0. The fourth-order valence-corrected chi connectivity index (χ4v) is 3.94. The Kier molecular flexibility index (Phi) is 6.13. The molecule has 2 aromatic heterocycles. The van der Waals surface area contributed by atoms with Crippen LogP contribution in [0.2, 0.25) is 0 Å². The molecule has 3 aromatic rings. The number of nitrogens with zero attached hydrogens (tertiary/aromatic N) is 1. The zero-order chi connectivity index (χ0) is 21.0. The van der Waals surface area contributed by atoms with Crippen LogP contribution >= 0.6 is 11.3 Å². The van der Waals surface area contributed by atoms with Crippen molar-refractivity contribution in [2.24, 2.45) is 0 Å². The number of anilines is 1. The second-order valence-electron chi connectivity index (χ2n) is 5.90. The van der Waals surface area contributed by atoms with E-state index in [4.69, 9.17) is 9.47 Å². The van der Waals surface area contributed by atoms with E-state index in [1.165, 1.54) is 14.2 Å². The number of nitrogens with one attached hydrogen (secondary N) is 2. The molecule has 0 aliphatic rings. The number of hydrogen-bond donors (Lipinski definition) is 2. The van der Waals surface area contributed by atoms with E-state index in [-0.39, 0.29) is 28.8 Å². The zero-order valence-corrected chi connectivity index (χ0v) is 16.8. The average Bonchev–Trinajstić information content (AvgIpc) is 3.10. The van der Waals surface area contributed by atoms with Gasteiger partial charge in [-0.15, -0.1) is 11.3 Å². The van der Waals surface area contributed by atoms with Crippen molar-refractivity contribution in [3.05, 3.63) is 50.9 Å². The minimum atomic E-state index is -0.639. The largest absolute Gasteiger partial charge is 0.495 e. The molecule has 0 saturated carbocycles. The summed E-state index contributed by atoms with van der Waals surface area (Å²) in [5.74, 6) is -0.188. The molecule has 29 heavy (non-hydrogen) atoms. The predicted octanol–water partition coefficient (Wildman–Crippen LogP) is 2.11. The number of carbonyl (C=O) groups is 2. The van der Waals surface area contributed by atoms with Gasteiger partial charge in [-0.05, 0) is 12.1 Å². The molecule has 0 amide bonds. The summed E-state index contributed by atoms with van der Waals surface area (Å²) in [5.41, 5.74) is 0.546. The second-order valence-corrected chi connectivity index (χ2v) is 6.90. The van der Waals surface area contributed by atoms with Gasteiger partial charge in [-0.3, -0.25) is 9.59 Å². The van der Waals surface area contributed by atoms with Crippen molar-refractivity contribution in [3.63, 3.8) is 0 Å². The Morgan fingerprint density at radius 3 is 2.62 bits per heavy atom. The van der Waals surface area contributed by atoms with Gasteiger partial charge >= 0.3 is 11.9 Å². The maximum atomic E-state index is 12.7. The first kappa shape index (κ1) is 20.3. The van der Waals surface area contributed by atoms with Crippen LogP contribution in [0, 0.1) is 0 Å². The van der Waals surface area contributed by atoms with Gasteiger partial charge in [0.15, 0.2) is 0 Å². The first-order valence-electron chi connectivity index (χ1n) is 8.55. The van der Waals surface area contributed by atoms with E-state index in [0.717, 1.165) is 17.0 Å². The topological polar surface area (TPSA) is 120 Å². The van der Waals surface area contributed by atoms with Gasteiger partial charge in [0.25, 0.3) is 5.56 Å². The van der Waals surface area contributed by atoms with Crippen molar-refractivity contribution < 1.29 is 23.8 Å². The Morgan fingerprint density at radius 1 is 1.17 bits per heavy atom. The molecular weight excluding hydrogens is 398 g/mol. The summed E-state index contributed by atoms with van der Waals surface area (Å²) in [4.78, 5) is 44.2. The number of benzene rings is 1. The lowest BCUT2D eigenvalue weighted by molar-refractivity contribution is -0.139. The van der Waals surface area contributed by atoms with Crippen LogP contribution < -0.4 is 15.6 Å². The third-order valence-electron chi connectivity index (χ3n) is 4.18. The number of aromatic amines is 1. The highest BCUT2D eigenvalue weighted by Gasteiger charge is 2.24. The lowest BCUT2D eigenvalue weighted by atomic mass is 10.1. The minimum absolute atomic E-state index is 0.153. The first-order valence-corrected chi connectivity index (χ1v) is 9.36. The number of esters is 2. The van der Waals surface area contributed by atoms with Gasteiger partial charge in [-0.2, -0.15) is 0 Å². The fourth-order valence-electron chi connectivity index (χ4n) is 2.80. The monoisotopic (exact) mass is 417 g/mol. The molecule has 0 fully saturated rings. The molecule has 2 N–H and O–H groups in total. The van der Waals surface area contributed by atoms with E-state index in [0.29, 0.717) is 16.4 Å². The van der Waals surface area contributed by atoms with E-state index < -0.39 is 17.5 Å². The molecule has 2 heterocycles. The van der Waals surface area contributed by atoms with E-state index >= 15 is 0 Å². The van der Waals surface area contributed by atoms with Crippen LogP contribution in [0.1, 0.15) is 21.1 Å². The predicted molar refractivity (Wildman–Crippen MR) is 108 cm³/mol. The highest BCUT2D eigenvalue weighted by atomic mass is 32.1. The van der Waals surface area contributed by atoms with Gasteiger partial charge < -0.3 is 24.5 Å². The molecule has 1 aromatic carbocycles. The van der Waals surface area contributed by atoms with Gasteiger partial charge in [0.05, 0.1) is 45.4 Å². The van der Waals surface area contributed by atoms with Gasteiger partial charge in [0.1, 0.15) is 21.3 Å². The maximum Gasteiger partial charge on any atom is 0.348 e. The van der Waals surface area contributed by atoms with Crippen molar-refractivity contribution in [1.82, 2.24) is 9.97 Å². The lowest BCUT2D eigenvalue weighted by Gasteiger charge is -2.10. The van der Waals surface area contributed by atoms with Gasteiger partial charge in [-0.1, -0.05) is 12.1 Å². The smallest absolute Gasteiger partial charge is 0.348 e. The van der Waals surface area contributed by atoms with Crippen LogP contribution in [0.5, 0.6) is 5.75 Å². The van der Waals surface area contributed by atoms with Crippen LogP contribution in [0.4, 0.5) is 5.69 Å². The maximum absolute atomic E-state index is 12.7. The molecule has 0 saturated heterocycles. The number of carbonyl (C=O) groups excluding carboxylic acids is 2. The van der Waals surface area contributed by atoms with E-state index in [9.17, 15) is 14.4 Å². The summed E-state index contributed by atoms with van der Waals surface area (Å²) in [7, 11) is 4.03. The second kappa shape index (κ2) is 8.74. The molecule has 0 atom stereocenters. The van der Waals surface area contributed by atoms with Crippen molar-refractivity contribution in [2.45, 2.75) is 13.0 Å². The number of H-pyrrole nitrogens is 1. The third kappa shape index (κ3) is 4.21. The van der Waals surface area contributed by atoms with Crippen molar-refractivity contribution in [1.29, 1.82) is 0 Å². The molecule has 0 unspecified atom stereocenters. The number of para-hydroxylation sites is 2. The Balaban J connectivity index is 1.99. The highest BCUT2D eigenvalue weighted by molar-refractivity contribution is 7.20. The third-order valence-corrected chi connectivity index (χ3v) is 5.29. The van der Waals surface area contributed by atoms with E-state index in [1.54, 1.807) is 7.11 Å². The summed E-state index contributed by atoms with van der Waals surface area (Å²) in [5, 5.41) is 3.33. The van der Waals surface area contributed by atoms with Crippen LogP contribution in [0.3, 0.4) is 0 Å². The highest BCUT2D eigenvalue weighted by Crippen LogP contribution is 2.29. The Bertz CT molecular complexity index is 1120. The number of hydrogen-bond acceptors (Lipinski definition) is 9. The number of ether oxygens (including phenoxy) is 3. The lowest BCUT2D eigenvalue weighted by Crippen LogP contribution is -2.16. The molecule has 0 aliphatic heterocycles. The molecule has 0 spiro atoms. The first-order chi connectivity index (χ1) is 14.0. The van der Waals surface area contributed by atoms with E-state index in [1.807, 2.05) is 24.3 Å². The van der Waals surface area contributed by atoms with E-state index in [2.05, 4.69) is 20.0 Å². The number of fused-ring (bicyclic) bond motifs is 1. The minimum Gasteiger partial charge on any atom is -0.495 e. The van der Waals surface area contributed by atoms with Crippen LogP contribution in [0.15, 0.2) is 29.1 Å². The molecule has 0 aliphatic carbocycles. The molecule has 9 nitrogen and oxygen atoms in total. The van der Waals surface area contributed by atoms with Crippen molar-refractivity contribution in [2.75, 3.05) is 26.6 Å². The van der Waals surface area contributed by atoms with Gasteiger partial charge in [0, 0.05) is 5.56 Å². The molecule has 152 valence electrons. The normalized spacial score (nSPS) is 10.6. The molecular formula is C19H19N3O6S. The Hall–Kier alpha value is -3.40. The fraction of sp³-hybridized carbons (Fsp3) is 0.263. The van der Waals surface area contributed by atoms with Gasteiger partial charge in [-0.25, -0.2) is 9.78 Å². The van der Waals surface area contributed by atoms with Crippen molar-refractivity contribution in [3.8, 4) is 5.75 Å². The van der Waals surface area contributed by atoms with Crippen molar-refractivity contribution >= 4 is 39.2 Å². The SMILES string of the molecule is COC(=O)Cc1c(C(=O)OC)sc2nc(CNc3ccccc3OC)[nH]c(=O)c12. The summed E-state index contributed by atoms with van der Waals surface area (Å²) >= 11 is 1.00. The van der Waals surface area contributed by atoms with Crippen LogP contribution in [-0.2, 0) is 27.2 Å². The molecule has 0 radical (unpaired) electrons.